The SMILES string of the molecule is Cc1ccc(C(SCc2ccc(Cl)cc2)C(C)N)cc1. The Kier molecular flexibility index (Phi) is 5.53. The fourth-order valence-electron chi connectivity index (χ4n) is 2.07. The van der Waals surface area contributed by atoms with Crippen LogP contribution in [0.1, 0.15) is 28.9 Å². The third-order valence-electron chi connectivity index (χ3n) is 3.23. The minimum atomic E-state index is 0.120. The lowest BCUT2D eigenvalue weighted by atomic mass is 10.1. The van der Waals surface area contributed by atoms with Gasteiger partial charge in [-0.2, -0.15) is 0 Å². The Morgan fingerprint density at radius 1 is 1.05 bits per heavy atom. The summed E-state index contributed by atoms with van der Waals surface area (Å²) in [4.78, 5) is 0. The molecule has 0 aromatic heterocycles. The van der Waals surface area contributed by atoms with E-state index in [1.54, 1.807) is 0 Å². The van der Waals surface area contributed by atoms with E-state index in [4.69, 9.17) is 17.3 Å². The van der Waals surface area contributed by atoms with Gasteiger partial charge in [-0.1, -0.05) is 53.6 Å². The van der Waals surface area contributed by atoms with Crippen molar-refractivity contribution in [2.75, 3.05) is 0 Å². The molecule has 0 bridgehead atoms. The molecule has 0 radical (unpaired) electrons. The van der Waals surface area contributed by atoms with E-state index in [1.165, 1.54) is 16.7 Å². The third-order valence-corrected chi connectivity index (χ3v) is 5.04. The van der Waals surface area contributed by atoms with Gasteiger partial charge in [-0.15, -0.1) is 11.8 Å². The second-order valence-corrected chi connectivity index (χ2v) is 6.69. The van der Waals surface area contributed by atoms with Crippen LogP contribution in [0.2, 0.25) is 5.02 Å². The molecule has 2 unspecified atom stereocenters. The number of hydrogen-bond acceptors (Lipinski definition) is 2. The molecule has 2 aromatic carbocycles. The van der Waals surface area contributed by atoms with Gasteiger partial charge >= 0.3 is 0 Å². The molecule has 2 atom stereocenters. The number of nitrogens with two attached hydrogens (primary N) is 1. The second-order valence-electron chi connectivity index (χ2n) is 5.13. The summed E-state index contributed by atoms with van der Waals surface area (Å²) in [7, 11) is 0. The van der Waals surface area contributed by atoms with Gasteiger partial charge in [0.15, 0.2) is 0 Å². The zero-order valence-corrected chi connectivity index (χ0v) is 13.4. The topological polar surface area (TPSA) is 26.0 Å². The van der Waals surface area contributed by atoms with Crippen LogP contribution in [0.15, 0.2) is 48.5 Å². The maximum Gasteiger partial charge on any atom is 0.0448 e. The fraction of sp³-hybridized carbons (Fsp3) is 0.294. The first-order chi connectivity index (χ1) is 9.56. The number of aryl methyl sites for hydroxylation is 1. The summed E-state index contributed by atoms with van der Waals surface area (Å²) in [5.74, 6) is 0.942. The van der Waals surface area contributed by atoms with Crippen LogP contribution in [0, 0.1) is 6.92 Å². The van der Waals surface area contributed by atoms with Crippen LogP contribution < -0.4 is 5.73 Å². The second kappa shape index (κ2) is 7.16. The number of rotatable bonds is 5. The van der Waals surface area contributed by atoms with E-state index in [0.29, 0.717) is 5.25 Å². The van der Waals surface area contributed by atoms with Crippen LogP contribution in [0.4, 0.5) is 0 Å². The van der Waals surface area contributed by atoms with Gasteiger partial charge < -0.3 is 5.73 Å². The van der Waals surface area contributed by atoms with Crippen molar-refractivity contribution in [1.82, 2.24) is 0 Å². The van der Waals surface area contributed by atoms with Gasteiger partial charge in [0, 0.05) is 22.1 Å². The molecule has 0 fully saturated rings. The first kappa shape index (κ1) is 15.4. The minimum absolute atomic E-state index is 0.120. The number of benzene rings is 2. The molecule has 1 nitrogen and oxygen atoms in total. The summed E-state index contributed by atoms with van der Waals surface area (Å²) < 4.78 is 0. The van der Waals surface area contributed by atoms with Gasteiger partial charge in [0.25, 0.3) is 0 Å². The quantitative estimate of drug-likeness (QED) is 0.844. The minimum Gasteiger partial charge on any atom is -0.327 e. The van der Waals surface area contributed by atoms with Crippen molar-refractivity contribution in [2.24, 2.45) is 5.73 Å². The molecule has 20 heavy (non-hydrogen) atoms. The van der Waals surface area contributed by atoms with Gasteiger partial charge in [0.05, 0.1) is 0 Å². The van der Waals surface area contributed by atoms with Crippen molar-refractivity contribution in [3.05, 3.63) is 70.2 Å². The molecule has 106 valence electrons. The van der Waals surface area contributed by atoms with Crippen LogP contribution in [0.5, 0.6) is 0 Å². The highest BCUT2D eigenvalue weighted by molar-refractivity contribution is 7.98. The molecule has 0 saturated heterocycles. The maximum atomic E-state index is 6.15. The maximum absolute atomic E-state index is 6.15. The summed E-state index contributed by atoms with van der Waals surface area (Å²) >= 11 is 7.79. The predicted molar refractivity (Wildman–Crippen MR) is 90.3 cm³/mol. The number of halogens is 1. The average molecular weight is 306 g/mol. The van der Waals surface area contributed by atoms with Gasteiger partial charge in [-0.25, -0.2) is 0 Å². The van der Waals surface area contributed by atoms with E-state index in [-0.39, 0.29) is 6.04 Å². The normalized spacial score (nSPS) is 14.0. The molecule has 2 rings (SSSR count). The van der Waals surface area contributed by atoms with Gasteiger partial charge in [-0.05, 0) is 37.1 Å². The Hall–Kier alpha value is -0.960. The van der Waals surface area contributed by atoms with E-state index in [1.807, 2.05) is 23.9 Å². The van der Waals surface area contributed by atoms with E-state index < -0.39 is 0 Å². The molecule has 0 spiro atoms. The highest BCUT2D eigenvalue weighted by Crippen LogP contribution is 2.34. The number of hydrogen-bond donors (Lipinski definition) is 1. The molecule has 0 aliphatic rings. The van der Waals surface area contributed by atoms with Crippen molar-refractivity contribution >= 4 is 23.4 Å². The van der Waals surface area contributed by atoms with Crippen LogP contribution in [-0.4, -0.2) is 6.04 Å². The van der Waals surface area contributed by atoms with Crippen molar-refractivity contribution < 1.29 is 0 Å². The summed E-state index contributed by atoms with van der Waals surface area (Å²) in [5.41, 5.74) is 10.0. The first-order valence-electron chi connectivity index (χ1n) is 6.74. The zero-order chi connectivity index (χ0) is 14.5. The smallest absolute Gasteiger partial charge is 0.0448 e. The van der Waals surface area contributed by atoms with E-state index in [9.17, 15) is 0 Å². The highest BCUT2D eigenvalue weighted by Gasteiger charge is 2.16. The van der Waals surface area contributed by atoms with Gasteiger partial charge in [0.2, 0.25) is 0 Å². The highest BCUT2D eigenvalue weighted by atomic mass is 35.5. The largest absolute Gasteiger partial charge is 0.327 e. The Labute approximate surface area is 130 Å². The fourth-order valence-corrected chi connectivity index (χ4v) is 3.42. The predicted octanol–water partition coefficient (Wildman–Crippen LogP) is 4.97. The standard InChI is InChI=1S/C17H20ClNS/c1-12-3-7-15(8-4-12)17(13(2)19)20-11-14-5-9-16(18)10-6-14/h3-10,13,17H,11,19H2,1-2H3. The van der Waals surface area contributed by atoms with Crippen LogP contribution >= 0.6 is 23.4 Å². The molecule has 0 saturated carbocycles. The molecule has 3 heteroatoms. The molecule has 0 aliphatic heterocycles. The zero-order valence-electron chi connectivity index (χ0n) is 11.8. The summed E-state index contributed by atoms with van der Waals surface area (Å²) in [6, 6.07) is 16.8. The van der Waals surface area contributed by atoms with Crippen LogP contribution in [0.3, 0.4) is 0 Å². The lowest BCUT2D eigenvalue weighted by Crippen LogP contribution is -2.22. The van der Waals surface area contributed by atoms with Crippen molar-refractivity contribution in [2.45, 2.75) is 30.9 Å². The van der Waals surface area contributed by atoms with Crippen molar-refractivity contribution in [1.29, 1.82) is 0 Å². The summed E-state index contributed by atoms with van der Waals surface area (Å²) in [5, 5.41) is 1.09. The molecule has 2 N–H and O–H groups in total. The summed E-state index contributed by atoms with van der Waals surface area (Å²) in [6.07, 6.45) is 0. The Bertz CT molecular complexity index is 534. The molecule has 0 amide bonds. The Balaban J connectivity index is 2.06. The van der Waals surface area contributed by atoms with Gasteiger partial charge in [-0.3, -0.25) is 0 Å². The molecular weight excluding hydrogens is 286 g/mol. The monoisotopic (exact) mass is 305 g/mol. The molecule has 0 heterocycles. The lowest BCUT2D eigenvalue weighted by Gasteiger charge is -2.21. The Morgan fingerprint density at radius 2 is 1.65 bits per heavy atom. The van der Waals surface area contributed by atoms with Crippen LogP contribution in [-0.2, 0) is 5.75 Å². The van der Waals surface area contributed by atoms with Crippen LogP contribution in [0.25, 0.3) is 0 Å². The third kappa shape index (κ3) is 4.27. The average Bonchev–Trinajstić information content (AvgIpc) is 2.43. The van der Waals surface area contributed by atoms with Gasteiger partial charge in [0.1, 0.15) is 0 Å². The summed E-state index contributed by atoms with van der Waals surface area (Å²) in [6.45, 7) is 4.17. The Morgan fingerprint density at radius 3 is 2.20 bits per heavy atom. The molecular formula is C17H20ClNS. The van der Waals surface area contributed by atoms with Crippen molar-refractivity contribution in [3.8, 4) is 0 Å². The lowest BCUT2D eigenvalue weighted by molar-refractivity contribution is 0.721. The van der Waals surface area contributed by atoms with E-state index in [0.717, 1.165) is 10.8 Å². The molecule has 0 aliphatic carbocycles. The van der Waals surface area contributed by atoms with E-state index >= 15 is 0 Å². The van der Waals surface area contributed by atoms with E-state index in [2.05, 4.69) is 50.2 Å². The first-order valence-corrected chi connectivity index (χ1v) is 8.17. The van der Waals surface area contributed by atoms with Crippen molar-refractivity contribution in [3.63, 3.8) is 0 Å². The molecule has 2 aromatic rings. The number of thioether (sulfide) groups is 1.